The molecule has 2 aromatic heterocycles. The molecule has 8 nitrogen and oxygen atoms in total. The first-order chi connectivity index (χ1) is 12.5. The Morgan fingerprint density at radius 2 is 1.46 bits per heavy atom. The molecule has 0 unspecified atom stereocenters. The van der Waals surface area contributed by atoms with Crippen LogP contribution in [0.15, 0.2) is 9.50 Å². The molecule has 144 valence electrons. The quantitative estimate of drug-likeness (QED) is 0.549. The minimum absolute atomic E-state index is 0.0754. The average Bonchev–Trinajstić information content (AvgIpc) is 3.20. The maximum Gasteiger partial charge on any atom is 0.236 e. The molecule has 0 aliphatic carbocycles. The lowest BCUT2D eigenvalue weighted by Crippen LogP contribution is -2.31. The van der Waals surface area contributed by atoms with Crippen molar-refractivity contribution in [2.24, 2.45) is 0 Å². The van der Waals surface area contributed by atoms with Gasteiger partial charge in [-0.1, -0.05) is 34.9 Å². The number of nitrogens with zero attached hydrogens (tertiary/aromatic N) is 6. The van der Waals surface area contributed by atoms with Crippen LogP contribution in [0.5, 0.6) is 0 Å². The van der Waals surface area contributed by atoms with E-state index in [9.17, 15) is 9.59 Å². The lowest BCUT2D eigenvalue weighted by atomic mass is 10.5. The summed E-state index contributed by atoms with van der Waals surface area (Å²) >= 11 is 4.14. The molecule has 0 aliphatic heterocycles. The van der Waals surface area contributed by atoms with Crippen LogP contribution in [0.4, 0.5) is 0 Å². The molecule has 0 spiro atoms. The first-order valence-corrected chi connectivity index (χ1v) is 11.4. The smallest absolute Gasteiger partial charge is 0.236 e. The van der Waals surface area contributed by atoms with Crippen LogP contribution in [0.2, 0.25) is 0 Å². The van der Waals surface area contributed by atoms with Crippen LogP contribution in [0.25, 0.3) is 4.96 Å². The molecule has 2 rings (SSSR count). The first-order valence-electron chi connectivity index (χ1n) is 8.57. The van der Waals surface area contributed by atoms with E-state index >= 15 is 0 Å². The van der Waals surface area contributed by atoms with Crippen molar-refractivity contribution in [2.75, 3.05) is 37.7 Å². The second-order valence-electron chi connectivity index (χ2n) is 5.25. The topological polar surface area (TPSA) is 83.7 Å². The Hall–Kier alpha value is -1.33. The van der Waals surface area contributed by atoms with Crippen LogP contribution < -0.4 is 0 Å². The van der Waals surface area contributed by atoms with Crippen molar-refractivity contribution >= 4 is 51.6 Å². The molecular weight excluding hydrogens is 392 g/mol. The van der Waals surface area contributed by atoms with Gasteiger partial charge < -0.3 is 9.80 Å². The summed E-state index contributed by atoms with van der Waals surface area (Å²) in [7, 11) is 0. The number of fused-ring (bicyclic) bond motifs is 1. The van der Waals surface area contributed by atoms with E-state index in [2.05, 4.69) is 15.3 Å². The number of hydrogen-bond donors (Lipinski definition) is 0. The average molecular weight is 417 g/mol. The van der Waals surface area contributed by atoms with Gasteiger partial charge in [-0.2, -0.15) is 4.52 Å². The molecular formula is C15H24N6O2S3. The van der Waals surface area contributed by atoms with E-state index in [4.69, 9.17) is 0 Å². The fourth-order valence-corrected chi connectivity index (χ4v) is 4.93. The molecule has 2 aromatic rings. The monoisotopic (exact) mass is 416 g/mol. The number of carbonyl (C=O) groups is 2. The highest BCUT2D eigenvalue weighted by molar-refractivity contribution is 8.01. The minimum Gasteiger partial charge on any atom is -0.343 e. The van der Waals surface area contributed by atoms with E-state index < -0.39 is 0 Å². The van der Waals surface area contributed by atoms with Gasteiger partial charge >= 0.3 is 0 Å². The van der Waals surface area contributed by atoms with Crippen molar-refractivity contribution in [2.45, 2.75) is 37.2 Å². The summed E-state index contributed by atoms with van der Waals surface area (Å²) in [4.78, 5) is 28.5. The predicted molar refractivity (Wildman–Crippen MR) is 106 cm³/mol. The predicted octanol–water partition coefficient (Wildman–Crippen LogP) is 2.11. The van der Waals surface area contributed by atoms with Gasteiger partial charge in [0.25, 0.3) is 0 Å². The van der Waals surface area contributed by atoms with Gasteiger partial charge in [-0.05, 0) is 27.7 Å². The third kappa shape index (κ3) is 5.10. The highest BCUT2D eigenvalue weighted by Gasteiger charge is 2.17. The van der Waals surface area contributed by atoms with Gasteiger partial charge in [-0.15, -0.1) is 15.3 Å². The molecule has 0 aliphatic rings. The third-order valence-corrected chi connectivity index (χ3v) is 6.74. The summed E-state index contributed by atoms with van der Waals surface area (Å²) in [6, 6.07) is 0. The van der Waals surface area contributed by atoms with Gasteiger partial charge in [0.05, 0.1) is 11.5 Å². The number of hydrogen-bond acceptors (Lipinski definition) is 8. The largest absolute Gasteiger partial charge is 0.343 e. The molecule has 0 saturated heterocycles. The molecule has 0 aromatic carbocycles. The molecule has 0 saturated carbocycles. The first kappa shape index (κ1) is 21.0. The SMILES string of the molecule is CCN(CC)C(=O)CSc1nn2c(SCC(=O)N(CC)CC)nnc2s1. The van der Waals surface area contributed by atoms with Gasteiger partial charge in [-0.3, -0.25) is 9.59 Å². The van der Waals surface area contributed by atoms with E-state index in [1.807, 2.05) is 27.7 Å². The summed E-state index contributed by atoms with van der Waals surface area (Å²) < 4.78 is 2.42. The number of aromatic nitrogens is 4. The lowest BCUT2D eigenvalue weighted by molar-refractivity contribution is -0.128. The van der Waals surface area contributed by atoms with Crippen molar-refractivity contribution in [3.63, 3.8) is 0 Å². The Morgan fingerprint density at radius 3 is 2.00 bits per heavy atom. The normalized spacial score (nSPS) is 11.1. The van der Waals surface area contributed by atoms with Crippen molar-refractivity contribution in [3.05, 3.63) is 0 Å². The molecule has 0 fully saturated rings. The summed E-state index contributed by atoms with van der Waals surface area (Å²) in [6.45, 7) is 10.7. The highest BCUT2D eigenvalue weighted by atomic mass is 32.2. The van der Waals surface area contributed by atoms with E-state index in [-0.39, 0.29) is 11.8 Å². The van der Waals surface area contributed by atoms with E-state index in [1.165, 1.54) is 34.9 Å². The number of carbonyl (C=O) groups excluding carboxylic acids is 2. The fraction of sp³-hybridized carbons (Fsp3) is 0.667. The van der Waals surface area contributed by atoms with Crippen LogP contribution in [-0.4, -0.2) is 79.1 Å². The van der Waals surface area contributed by atoms with Gasteiger partial charge in [0.15, 0.2) is 4.34 Å². The van der Waals surface area contributed by atoms with Crippen LogP contribution in [0.1, 0.15) is 27.7 Å². The van der Waals surface area contributed by atoms with E-state index in [0.717, 1.165) is 4.34 Å². The highest BCUT2D eigenvalue weighted by Crippen LogP contribution is 2.27. The molecule has 0 atom stereocenters. The maximum atomic E-state index is 12.1. The zero-order valence-corrected chi connectivity index (χ0v) is 17.9. The van der Waals surface area contributed by atoms with Crippen molar-refractivity contribution in [1.29, 1.82) is 0 Å². The zero-order chi connectivity index (χ0) is 19.1. The Balaban J connectivity index is 1.97. The molecule has 26 heavy (non-hydrogen) atoms. The maximum absolute atomic E-state index is 12.1. The van der Waals surface area contributed by atoms with Crippen LogP contribution >= 0.6 is 34.9 Å². The fourth-order valence-electron chi connectivity index (χ4n) is 2.31. The Bertz CT molecular complexity index is 739. The minimum atomic E-state index is 0.0754. The van der Waals surface area contributed by atoms with Crippen LogP contribution in [0, 0.1) is 0 Å². The zero-order valence-electron chi connectivity index (χ0n) is 15.5. The lowest BCUT2D eigenvalue weighted by Gasteiger charge is -2.17. The molecule has 0 bridgehead atoms. The Kier molecular flexibility index (Phi) is 8.16. The number of rotatable bonds is 10. The summed E-state index contributed by atoms with van der Waals surface area (Å²) in [5.41, 5.74) is 0. The molecule has 0 N–H and O–H groups in total. The molecule has 11 heteroatoms. The number of thioether (sulfide) groups is 2. The van der Waals surface area contributed by atoms with Crippen LogP contribution in [-0.2, 0) is 9.59 Å². The summed E-state index contributed by atoms with van der Waals surface area (Å²) in [5, 5.41) is 13.3. The summed E-state index contributed by atoms with van der Waals surface area (Å²) in [6.07, 6.45) is 0. The van der Waals surface area contributed by atoms with Crippen molar-refractivity contribution in [1.82, 2.24) is 29.6 Å². The van der Waals surface area contributed by atoms with Crippen molar-refractivity contribution in [3.8, 4) is 0 Å². The third-order valence-electron chi connectivity index (χ3n) is 3.82. The van der Waals surface area contributed by atoms with E-state index in [0.29, 0.717) is 47.8 Å². The van der Waals surface area contributed by atoms with E-state index in [1.54, 1.807) is 14.3 Å². The molecule has 2 heterocycles. The van der Waals surface area contributed by atoms with Gasteiger partial charge in [0, 0.05) is 26.2 Å². The Labute approximate surface area is 165 Å². The van der Waals surface area contributed by atoms with Gasteiger partial charge in [-0.25, -0.2) is 0 Å². The van der Waals surface area contributed by atoms with Gasteiger partial charge in [0.2, 0.25) is 21.9 Å². The van der Waals surface area contributed by atoms with Crippen LogP contribution in [0.3, 0.4) is 0 Å². The second-order valence-corrected chi connectivity index (χ2v) is 8.38. The Morgan fingerprint density at radius 1 is 0.923 bits per heavy atom. The molecule has 2 amide bonds. The van der Waals surface area contributed by atoms with Crippen molar-refractivity contribution < 1.29 is 9.59 Å². The van der Waals surface area contributed by atoms with Gasteiger partial charge in [0.1, 0.15) is 0 Å². The molecule has 0 radical (unpaired) electrons. The second kappa shape index (κ2) is 10.1. The number of amides is 2. The standard InChI is InChI=1S/C15H24N6O2S3/c1-5-19(6-2)11(22)9-24-13-16-17-14-21(13)18-15(26-14)25-10-12(23)20(7-3)8-4/h5-10H2,1-4H3. The summed E-state index contributed by atoms with van der Waals surface area (Å²) in [5.74, 6) is 0.842.